The molecule has 0 bridgehead atoms. The van der Waals surface area contributed by atoms with Crippen LogP contribution in [0.25, 0.3) is 0 Å². The van der Waals surface area contributed by atoms with E-state index >= 15 is 0 Å². The molecule has 0 aliphatic carbocycles. The summed E-state index contributed by atoms with van der Waals surface area (Å²) in [5.74, 6) is 0. The number of hydrogen-bond donors (Lipinski definition) is 0. The van der Waals surface area contributed by atoms with Gasteiger partial charge >= 0.3 is 54.9 Å². The van der Waals surface area contributed by atoms with Gasteiger partial charge in [0.25, 0.3) is 0 Å². The van der Waals surface area contributed by atoms with Gasteiger partial charge in [-0.15, -0.1) is 0 Å². The van der Waals surface area contributed by atoms with Crippen molar-refractivity contribution >= 4 is 0 Å². The Hall–Kier alpha value is -0.460. The first kappa shape index (κ1) is 8.54. The van der Waals surface area contributed by atoms with E-state index in [1.54, 1.807) is 0 Å². The maximum atomic E-state index is 9.49. The van der Waals surface area contributed by atoms with Gasteiger partial charge in [0, 0.05) is 0 Å². The molecule has 0 saturated carbocycles. The fraction of sp³-hybridized carbons (Fsp3) is 0.857. The molecule has 0 fully saturated rings. The van der Waals surface area contributed by atoms with E-state index in [2.05, 4.69) is 11.7 Å². The van der Waals surface area contributed by atoms with Crippen molar-refractivity contribution in [2.24, 2.45) is 0 Å². The van der Waals surface area contributed by atoms with E-state index in [-0.39, 0.29) is 0 Å². The van der Waals surface area contributed by atoms with Crippen molar-refractivity contribution in [3.05, 3.63) is 0 Å². The molecular weight excluding hydrogens is 116 g/mol. The number of ether oxygens (including phenoxy) is 1. The first-order valence-corrected chi connectivity index (χ1v) is 3.40. The molecule has 0 radical (unpaired) electrons. The van der Waals surface area contributed by atoms with E-state index < -0.39 is 0 Å². The van der Waals surface area contributed by atoms with Crippen LogP contribution in [-0.4, -0.2) is 6.61 Å². The Balaban J connectivity index is 2.69. The average molecular weight is 129 g/mol. The topological polar surface area (TPSA) is 29.1 Å². The van der Waals surface area contributed by atoms with Crippen LogP contribution < -0.4 is 0 Å². The van der Waals surface area contributed by atoms with E-state index in [1.807, 2.05) is 0 Å². The molecule has 0 spiro atoms. The number of rotatable bonds is 5. The Kier molecular flexibility index (Phi) is 7.15. The predicted molar refractivity (Wildman–Crippen MR) is 34.7 cm³/mol. The SMILES string of the molecule is CCCCCCOC#[O+]. The summed E-state index contributed by atoms with van der Waals surface area (Å²) in [6.07, 6.45) is 5.96. The molecule has 0 aliphatic heterocycles. The predicted octanol–water partition coefficient (Wildman–Crippen LogP) is 1.93. The summed E-state index contributed by atoms with van der Waals surface area (Å²) >= 11 is 0. The monoisotopic (exact) mass is 129 g/mol. The van der Waals surface area contributed by atoms with Crippen LogP contribution in [0.5, 0.6) is 0 Å². The Bertz CT molecular complexity index is 83.4. The molecule has 0 atom stereocenters. The summed E-state index contributed by atoms with van der Waals surface area (Å²) in [6.45, 7) is 2.68. The molecule has 0 unspecified atom stereocenters. The van der Waals surface area contributed by atoms with Gasteiger partial charge in [-0.1, -0.05) is 0 Å². The second-order valence-electron chi connectivity index (χ2n) is 1.99. The van der Waals surface area contributed by atoms with Crippen LogP contribution in [-0.2, 0) is 9.39 Å². The summed E-state index contributed by atoms with van der Waals surface area (Å²) in [4.78, 5) is 0. The molecule has 0 N–H and O–H groups in total. The van der Waals surface area contributed by atoms with Crippen molar-refractivity contribution in [3.8, 4) is 6.33 Å². The molecule has 0 aromatic carbocycles. The molecule has 2 nitrogen and oxygen atoms in total. The molecule has 9 heavy (non-hydrogen) atoms. The van der Waals surface area contributed by atoms with Gasteiger partial charge in [0.15, 0.2) is 0 Å². The third-order valence-corrected chi connectivity index (χ3v) is 1.16. The van der Waals surface area contributed by atoms with Gasteiger partial charge in [-0.3, -0.25) is 0 Å². The van der Waals surface area contributed by atoms with Crippen LogP contribution in [0.1, 0.15) is 32.6 Å². The summed E-state index contributed by atoms with van der Waals surface area (Å²) in [5.41, 5.74) is 0. The van der Waals surface area contributed by atoms with Crippen LogP contribution in [0.2, 0.25) is 0 Å². The first-order chi connectivity index (χ1) is 4.41. The molecule has 0 aromatic heterocycles. The van der Waals surface area contributed by atoms with Crippen molar-refractivity contribution in [2.75, 3.05) is 6.61 Å². The standard InChI is InChI=1S/C7H13O2/c1-2-3-4-5-6-9-7-8/h2-6H2,1H3/q+1. The minimum atomic E-state index is 0.531. The van der Waals surface area contributed by atoms with Crippen molar-refractivity contribution in [1.82, 2.24) is 0 Å². The van der Waals surface area contributed by atoms with Gasteiger partial charge in [-0.2, -0.15) is 0 Å². The third-order valence-electron chi connectivity index (χ3n) is 1.16. The van der Waals surface area contributed by atoms with Gasteiger partial charge in [0.05, 0.1) is 0 Å². The van der Waals surface area contributed by atoms with Crippen LogP contribution in [0.3, 0.4) is 0 Å². The van der Waals surface area contributed by atoms with Crippen LogP contribution in [0.15, 0.2) is 0 Å². The third kappa shape index (κ3) is 7.54. The Morgan fingerprint density at radius 3 is 2.67 bits per heavy atom. The van der Waals surface area contributed by atoms with Crippen molar-refractivity contribution in [3.63, 3.8) is 0 Å². The molecule has 0 aliphatic rings. The van der Waals surface area contributed by atoms with E-state index in [0.29, 0.717) is 6.61 Å². The molecule has 0 saturated heterocycles. The maximum absolute atomic E-state index is 9.49. The zero-order valence-corrected chi connectivity index (χ0v) is 5.85. The molecule has 0 aromatic rings. The second kappa shape index (κ2) is 7.54. The Labute approximate surface area is 55.9 Å². The van der Waals surface area contributed by atoms with E-state index in [1.165, 1.54) is 19.2 Å². The van der Waals surface area contributed by atoms with E-state index in [9.17, 15) is 4.65 Å². The Morgan fingerprint density at radius 2 is 2.11 bits per heavy atom. The number of unbranched alkanes of at least 4 members (excludes halogenated alkanes) is 3. The van der Waals surface area contributed by atoms with Gasteiger partial charge in [0.2, 0.25) is 0 Å². The summed E-state index contributed by atoms with van der Waals surface area (Å²) in [6, 6.07) is 0. The zero-order chi connectivity index (χ0) is 6.95. The average Bonchev–Trinajstić information content (AvgIpc) is 1.89. The molecule has 0 amide bonds. The van der Waals surface area contributed by atoms with Gasteiger partial charge in [-0.05, 0) is 0 Å². The fourth-order valence-corrected chi connectivity index (χ4v) is 0.643. The minimum absolute atomic E-state index is 0.531. The normalized spacial score (nSPS) is 8.44. The first-order valence-electron chi connectivity index (χ1n) is 3.40. The van der Waals surface area contributed by atoms with Crippen LogP contribution in [0.4, 0.5) is 0 Å². The fourth-order valence-electron chi connectivity index (χ4n) is 0.643. The zero-order valence-electron chi connectivity index (χ0n) is 5.85. The Morgan fingerprint density at radius 1 is 1.33 bits per heavy atom. The second-order valence-corrected chi connectivity index (χ2v) is 1.99. The van der Waals surface area contributed by atoms with Gasteiger partial charge in [-0.25, -0.2) is 0 Å². The summed E-state index contributed by atoms with van der Waals surface area (Å²) in [5, 5.41) is 0. The van der Waals surface area contributed by atoms with E-state index in [4.69, 9.17) is 0 Å². The molecule has 0 rings (SSSR count). The quantitative estimate of drug-likeness (QED) is 0.412. The van der Waals surface area contributed by atoms with Crippen LogP contribution >= 0.6 is 0 Å². The van der Waals surface area contributed by atoms with E-state index in [0.717, 1.165) is 12.8 Å². The van der Waals surface area contributed by atoms with Crippen LogP contribution in [0, 0.1) is 6.33 Å². The number of hydrogen-bond acceptors (Lipinski definition) is 1. The summed E-state index contributed by atoms with van der Waals surface area (Å²) in [7, 11) is 0. The molecule has 0 heterocycles. The van der Waals surface area contributed by atoms with Crippen molar-refractivity contribution in [1.29, 1.82) is 0 Å². The molecule has 52 valence electrons. The van der Waals surface area contributed by atoms with Crippen molar-refractivity contribution in [2.45, 2.75) is 32.6 Å². The summed E-state index contributed by atoms with van der Waals surface area (Å²) < 4.78 is 13.9. The van der Waals surface area contributed by atoms with Gasteiger partial charge < -0.3 is 0 Å². The molecular formula is C7H13O2+. The molecule has 2 heteroatoms. The van der Waals surface area contributed by atoms with Crippen molar-refractivity contribution < 1.29 is 9.39 Å². The van der Waals surface area contributed by atoms with Gasteiger partial charge in [0.1, 0.15) is 0 Å².